The van der Waals surface area contributed by atoms with Crippen LogP contribution in [-0.4, -0.2) is 25.4 Å². The lowest BCUT2D eigenvalue weighted by Crippen LogP contribution is -2.35. The van der Waals surface area contributed by atoms with Gasteiger partial charge < -0.3 is 15.6 Å². The summed E-state index contributed by atoms with van der Waals surface area (Å²) >= 11 is 0. The molecule has 84 valence electrons. The average Bonchev–Trinajstić information content (AvgIpc) is 2.28. The lowest BCUT2D eigenvalue weighted by molar-refractivity contribution is 0.210. The van der Waals surface area contributed by atoms with Crippen molar-refractivity contribution >= 4 is 0 Å². The van der Waals surface area contributed by atoms with Gasteiger partial charge in [-0.25, -0.2) is 4.39 Å². The van der Waals surface area contributed by atoms with Crippen molar-refractivity contribution in [1.82, 2.24) is 0 Å². The molecule has 0 radical (unpaired) electrons. The maximum Gasteiger partial charge on any atom is 0.165 e. The van der Waals surface area contributed by atoms with Crippen molar-refractivity contribution in [2.45, 2.75) is 12.3 Å². The zero-order chi connectivity index (χ0) is 11.5. The highest BCUT2D eigenvalue weighted by Crippen LogP contribution is 2.26. The molecule has 0 fully saturated rings. The number of methoxy groups -OCH3 is 1. The van der Waals surface area contributed by atoms with E-state index in [9.17, 15) is 9.50 Å². The van der Waals surface area contributed by atoms with E-state index in [1.165, 1.54) is 19.2 Å². The highest BCUT2D eigenvalue weighted by Gasteiger charge is 2.25. The van der Waals surface area contributed by atoms with Crippen LogP contribution in [0, 0.1) is 5.82 Å². The number of hydrogen-bond acceptors (Lipinski definition) is 3. The van der Waals surface area contributed by atoms with Gasteiger partial charge in [0.25, 0.3) is 0 Å². The average molecular weight is 213 g/mol. The first-order valence-electron chi connectivity index (χ1n) is 4.72. The summed E-state index contributed by atoms with van der Waals surface area (Å²) in [7, 11) is 1.41. The minimum Gasteiger partial charge on any atom is -0.494 e. The Morgan fingerprint density at radius 2 is 2.20 bits per heavy atom. The zero-order valence-electron chi connectivity index (χ0n) is 8.96. The fourth-order valence-corrected chi connectivity index (χ4v) is 1.32. The van der Waals surface area contributed by atoms with E-state index in [1.807, 2.05) is 0 Å². The Morgan fingerprint density at radius 3 is 2.60 bits per heavy atom. The van der Waals surface area contributed by atoms with Gasteiger partial charge in [-0.15, -0.1) is 0 Å². The van der Waals surface area contributed by atoms with Gasteiger partial charge in [-0.3, -0.25) is 0 Å². The third-order valence-corrected chi connectivity index (χ3v) is 2.65. The third kappa shape index (κ3) is 2.27. The summed E-state index contributed by atoms with van der Waals surface area (Å²) in [4.78, 5) is 0. The molecule has 0 heterocycles. The molecule has 4 heteroatoms. The Kier molecular flexibility index (Phi) is 3.66. The van der Waals surface area contributed by atoms with Crippen LogP contribution in [0.3, 0.4) is 0 Å². The summed E-state index contributed by atoms with van der Waals surface area (Å²) in [6.07, 6.45) is 0. The fraction of sp³-hybridized carbons (Fsp3) is 0.455. The molecule has 0 aliphatic rings. The standard InChI is InChI=1S/C11H16FNO2/c1-11(6-13,7-14)8-3-4-10(15-2)9(12)5-8/h3-5,14H,6-7,13H2,1-2H3. The molecule has 15 heavy (non-hydrogen) atoms. The Morgan fingerprint density at radius 1 is 1.53 bits per heavy atom. The van der Waals surface area contributed by atoms with E-state index in [-0.39, 0.29) is 18.9 Å². The van der Waals surface area contributed by atoms with E-state index >= 15 is 0 Å². The molecule has 0 bridgehead atoms. The second kappa shape index (κ2) is 4.59. The largest absolute Gasteiger partial charge is 0.494 e. The first-order chi connectivity index (χ1) is 7.07. The van der Waals surface area contributed by atoms with Crippen molar-refractivity contribution in [3.63, 3.8) is 0 Å². The van der Waals surface area contributed by atoms with Crippen molar-refractivity contribution in [2.24, 2.45) is 5.73 Å². The highest BCUT2D eigenvalue weighted by molar-refractivity contribution is 5.34. The van der Waals surface area contributed by atoms with Crippen molar-refractivity contribution < 1.29 is 14.2 Å². The monoisotopic (exact) mass is 213 g/mol. The lowest BCUT2D eigenvalue weighted by atomic mass is 9.83. The Balaban J connectivity index is 3.11. The normalized spacial score (nSPS) is 14.7. The van der Waals surface area contributed by atoms with Gasteiger partial charge in [0.2, 0.25) is 0 Å². The van der Waals surface area contributed by atoms with Crippen molar-refractivity contribution in [3.05, 3.63) is 29.6 Å². The summed E-state index contributed by atoms with van der Waals surface area (Å²) in [6.45, 7) is 1.93. The Labute approximate surface area is 88.7 Å². The molecule has 0 aromatic heterocycles. The van der Waals surface area contributed by atoms with Crippen molar-refractivity contribution in [3.8, 4) is 5.75 Å². The molecule has 3 nitrogen and oxygen atoms in total. The van der Waals surface area contributed by atoms with Crippen LogP contribution in [0.25, 0.3) is 0 Å². The zero-order valence-corrected chi connectivity index (χ0v) is 8.96. The van der Waals surface area contributed by atoms with Crippen LogP contribution in [0.4, 0.5) is 4.39 Å². The van der Waals surface area contributed by atoms with Crippen LogP contribution in [0.5, 0.6) is 5.75 Å². The molecule has 1 aromatic carbocycles. The highest BCUT2D eigenvalue weighted by atomic mass is 19.1. The molecular formula is C11H16FNO2. The van der Waals surface area contributed by atoms with Gasteiger partial charge in [-0.2, -0.15) is 0 Å². The molecule has 1 atom stereocenters. The van der Waals surface area contributed by atoms with Gasteiger partial charge in [0.1, 0.15) is 0 Å². The summed E-state index contributed by atoms with van der Waals surface area (Å²) < 4.78 is 18.2. The van der Waals surface area contributed by atoms with Crippen molar-refractivity contribution in [1.29, 1.82) is 0 Å². The minimum absolute atomic E-state index is 0.116. The molecule has 0 spiro atoms. The SMILES string of the molecule is COc1ccc(C(C)(CN)CO)cc1F. The first kappa shape index (κ1) is 11.9. The third-order valence-electron chi connectivity index (χ3n) is 2.65. The quantitative estimate of drug-likeness (QED) is 0.785. The molecule has 3 N–H and O–H groups in total. The van der Waals surface area contributed by atoms with Gasteiger partial charge >= 0.3 is 0 Å². The minimum atomic E-state index is -0.604. The number of benzene rings is 1. The van der Waals surface area contributed by atoms with Gasteiger partial charge in [-0.1, -0.05) is 13.0 Å². The Bertz CT molecular complexity index is 337. The second-order valence-electron chi connectivity index (χ2n) is 3.77. The molecule has 0 aliphatic carbocycles. The topological polar surface area (TPSA) is 55.5 Å². The predicted octanol–water partition coefficient (Wildman–Crippen LogP) is 1.04. The summed E-state index contributed by atoms with van der Waals surface area (Å²) in [5.41, 5.74) is 5.62. The van der Waals surface area contributed by atoms with E-state index in [1.54, 1.807) is 13.0 Å². The summed E-state index contributed by atoms with van der Waals surface area (Å²) in [5.74, 6) is -0.251. The number of aliphatic hydroxyl groups is 1. The molecule has 0 saturated heterocycles. The lowest BCUT2D eigenvalue weighted by Gasteiger charge is -2.26. The fourth-order valence-electron chi connectivity index (χ4n) is 1.32. The predicted molar refractivity (Wildman–Crippen MR) is 56.4 cm³/mol. The number of nitrogens with two attached hydrogens (primary N) is 1. The van der Waals surface area contributed by atoms with Gasteiger partial charge in [0.15, 0.2) is 11.6 Å². The van der Waals surface area contributed by atoms with Crippen LogP contribution in [0.2, 0.25) is 0 Å². The maximum absolute atomic E-state index is 13.4. The summed E-state index contributed by atoms with van der Waals surface area (Å²) in [6, 6.07) is 4.60. The van der Waals surface area contributed by atoms with E-state index < -0.39 is 11.2 Å². The Hall–Kier alpha value is -1.13. The smallest absolute Gasteiger partial charge is 0.165 e. The van der Waals surface area contributed by atoms with Gasteiger partial charge in [0.05, 0.1) is 13.7 Å². The van der Waals surface area contributed by atoms with Gasteiger partial charge in [-0.05, 0) is 17.7 Å². The molecule has 0 saturated carbocycles. The summed E-state index contributed by atoms with van der Waals surface area (Å²) in [5, 5.41) is 9.22. The number of halogens is 1. The van der Waals surface area contributed by atoms with Gasteiger partial charge in [0, 0.05) is 12.0 Å². The number of aliphatic hydroxyl groups excluding tert-OH is 1. The van der Waals surface area contributed by atoms with E-state index in [2.05, 4.69) is 0 Å². The molecule has 0 amide bonds. The van der Waals surface area contributed by atoms with Crippen LogP contribution in [0.15, 0.2) is 18.2 Å². The van der Waals surface area contributed by atoms with Crippen LogP contribution >= 0.6 is 0 Å². The van der Waals surface area contributed by atoms with Crippen molar-refractivity contribution in [2.75, 3.05) is 20.3 Å². The number of hydrogen-bond donors (Lipinski definition) is 2. The van der Waals surface area contributed by atoms with Crippen LogP contribution < -0.4 is 10.5 Å². The van der Waals surface area contributed by atoms with E-state index in [0.717, 1.165) is 0 Å². The molecule has 1 unspecified atom stereocenters. The van der Waals surface area contributed by atoms with E-state index in [0.29, 0.717) is 5.56 Å². The first-order valence-corrected chi connectivity index (χ1v) is 4.72. The van der Waals surface area contributed by atoms with Crippen LogP contribution in [-0.2, 0) is 5.41 Å². The number of ether oxygens (including phenoxy) is 1. The molecular weight excluding hydrogens is 197 g/mol. The molecule has 1 rings (SSSR count). The van der Waals surface area contributed by atoms with Crippen LogP contribution in [0.1, 0.15) is 12.5 Å². The maximum atomic E-state index is 13.4. The number of rotatable bonds is 4. The second-order valence-corrected chi connectivity index (χ2v) is 3.77. The molecule has 0 aliphatic heterocycles. The van der Waals surface area contributed by atoms with E-state index in [4.69, 9.17) is 10.5 Å². The molecule has 1 aromatic rings.